The van der Waals surface area contributed by atoms with Gasteiger partial charge in [0.15, 0.2) is 5.82 Å². The van der Waals surface area contributed by atoms with Gasteiger partial charge in [-0.05, 0) is 30.2 Å². The highest BCUT2D eigenvalue weighted by atomic mass is 16.1. The fraction of sp³-hybridized carbons (Fsp3) is 0.130. The average Bonchev–Trinajstić information content (AvgIpc) is 2.72. The number of rotatable bonds is 5. The van der Waals surface area contributed by atoms with Crippen molar-refractivity contribution < 1.29 is 0 Å². The van der Waals surface area contributed by atoms with Crippen LogP contribution < -0.4 is 10.9 Å². The Morgan fingerprint density at radius 2 is 1.52 bits per heavy atom. The van der Waals surface area contributed by atoms with Crippen molar-refractivity contribution >= 4 is 16.9 Å². The van der Waals surface area contributed by atoms with Crippen LogP contribution in [0.15, 0.2) is 89.7 Å². The van der Waals surface area contributed by atoms with Gasteiger partial charge in [0.05, 0.1) is 23.6 Å². The SMILES string of the molecule is CC(Nc1nc2ccccc2n(Cc2ccccc2)c1=O)c1ccccc1. The van der Waals surface area contributed by atoms with E-state index in [4.69, 9.17) is 0 Å². The lowest BCUT2D eigenvalue weighted by Crippen LogP contribution is -2.27. The first-order valence-electron chi connectivity index (χ1n) is 9.07. The van der Waals surface area contributed by atoms with Gasteiger partial charge in [-0.25, -0.2) is 4.98 Å². The highest BCUT2D eigenvalue weighted by Gasteiger charge is 2.14. The van der Waals surface area contributed by atoms with Crippen LogP contribution in [0.4, 0.5) is 5.82 Å². The summed E-state index contributed by atoms with van der Waals surface area (Å²) in [6.45, 7) is 2.55. The summed E-state index contributed by atoms with van der Waals surface area (Å²) < 4.78 is 1.79. The highest BCUT2D eigenvalue weighted by Crippen LogP contribution is 2.18. The van der Waals surface area contributed by atoms with Gasteiger partial charge in [-0.15, -0.1) is 0 Å². The van der Waals surface area contributed by atoms with E-state index in [1.54, 1.807) is 4.57 Å². The number of nitrogens with one attached hydrogen (secondary N) is 1. The van der Waals surface area contributed by atoms with Crippen LogP contribution in [0.25, 0.3) is 11.0 Å². The van der Waals surface area contributed by atoms with Gasteiger partial charge in [-0.1, -0.05) is 72.8 Å². The summed E-state index contributed by atoms with van der Waals surface area (Å²) in [5.74, 6) is 0.376. The minimum absolute atomic E-state index is 0.0160. The van der Waals surface area contributed by atoms with Crippen LogP contribution in [0.2, 0.25) is 0 Å². The van der Waals surface area contributed by atoms with Crippen LogP contribution in [-0.2, 0) is 6.54 Å². The van der Waals surface area contributed by atoms with E-state index in [0.29, 0.717) is 12.4 Å². The van der Waals surface area contributed by atoms with E-state index in [2.05, 4.69) is 10.3 Å². The first-order chi connectivity index (χ1) is 13.2. The molecule has 0 amide bonds. The smallest absolute Gasteiger partial charge is 0.294 e. The number of nitrogens with zero attached hydrogens (tertiary/aromatic N) is 2. The van der Waals surface area contributed by atoms with Crippen molar-refractivity contribution in [2.45, 2.75) is 19.5 Å². The molecule has 0 aliphatic rings. The average molecular weight is 355 g/mol. The van der Waals surface area contributed by atoms with Crippen LogP contribution in [0.3, 0.4) is 0 Å². The zero-order chi connectivity index (χ0) is 18.6. The van der Waals surface area contributed by atoms with Crippen molar-refractivity contribution in [3.63, 3.8) is 0 Å². The number of hydrogen-bond acceptors (Lipinski definition) is 3. The number of anilines is 1. The Kier molecular flexibility index (Phi) is 4.71. The van der Waals surface area contributed by atoms with E-state index in [1.807, 2.05) is 91.9 Å². The Morgan fingerprint density at radius 3 is 2.26 bits per heavy atom. The largest absolute Gasteiger partial charge is 0.359 e. The predicted octanol–water partition coefficient (Wildman–Crippen LogP) is 4.62. The molecule has 1 heterocycles. The molecule has 0 fully saturated rings. The van der Waals surface area contributed by atoms with Gasteiger partial charge in [0.2, 0.25) is 0 Å². The first kappa shape index (κ1) is 17.0. The molecular formula is C23H21N3O. The topological polar surface area (TPSA) is 46.9 Å². The molecule has 4 nitrogen and oxygen atoms in total. The number of para-hydroxylation sites is 2. The standard InChI is InChI=1S/C23H21N3O/c1-17(19-12-6-3-7-13-19)24-22-23(27)26(16-18-10-4-2-5-11-18)21-15-9-8-14-20(21)25-22/h2-15,17H,16H2,1H3,(H,24,25). The lowest BCUT2D eigenvalue weighted by molar-refractivity contribution is 0.778. The predicted molar refractivity (Wildman–Crippen MR) is 110 cm³/mol. The van der Waals surface area contributed by atoms with Crippen molar-refractivity contribution in [1.82, 2.24) is 9.55 Å². The van der Waals surface area contributed by atoms with Crippen LogP contribution in [0, 0.1) is 0 Å². The van der Waals surface area contributed by atoms with Gasteiger partial charge in [0.1, 0.15) is 0 Å². The summed E-state index contributed by atoms with van der Waals surface area (Å²) in [7, 11) is 0. The molecule has 3 aromatic carbocycles. The molecule has 0 spiro atoms. The van der Waals surface area contributed by atoms with Gasteiger partial charge in [0, 0.05) is 0 Å². The minimum Gasteiger partial charge on any atom is -0.359 e. The summed E-state index contributed by atoms with van der Waals surface area (Å²) in [6, 6.07) is 27.8. The van der Waals surface area contributed by atoms with Crippen LogP contribution >= 0.6 is 0 Å². The Labute approximate surface area is 158 Å². The lowest BCUT2D eigenvalue weighted by Gasteiger charge is -2.17. The summed E-state index contributed by atoms with van der Waals surface area (Å²) >= 11 is 0. The Hall–Kier alpha value is -3.40. The van der Waals surface area contributed by atoms with Crippen molar-refractivity contribution in [3.8, 4) is 0 Å². The summed E-state index contributed by atoms with van der Waals surface area (Å²) in [5, 5.41) is 3.30. The van der Waals surface area contributed by atoms with Gasteiger partial charge < -0.3 is 5.32 Å². The summed E-state index contributed by atoms with van der Waals surface area (Å²) in [4.78, 5) is 17.8. The maximum absolute atomic E-state index is 13.2. The maximum Gasteiger partial charge on any atom is 0.294 e. The lowest BCUT2D eigenvalue weighted by atomic mass is 10.1. The molecule has 4 heteroatoms. The maximum atomic E-state index is 13.2. The molecular weight excluding hydrogens is 334 g/mol. The molecule has 134 valence electrons. The fourth-order valence-electron chi connectivity index (χ4n) is 3.24. The van der Waals surface area contributed by atoms with E-state index in [1.165, 1.54) is 0 Å². The fourth-order valence-corrected chi connectivity index (χ4v) is 3.24. The summed E-state index contributed by atoms with van der Waals surface area (Å²) in [5.41, 5.74) is 3.72. The molecule has 1 atom stereocenters. The number of fused-ring (bicyclic) bond motifs is 1. The molecule has 4 aromatic rings. The zero-order valence-corrected chi connectivity index (χ0v) is 15.2. The monoisotopic (exact) mass is 355 g/mol. The Balaban J connectivity index is 1.77. The second-order valence-corrected chi connectivity index (χ2v) is 6.60. The quantitative estimate of drug-likeness (QED) is 0.568. The van der Waals surface area contributed by atoms with E-state index >= 15 is 0 Å². The van der Waals surface area contributed by atoms with Crippen molar-refractivity contribution in [2.24, 2.45) is 0 Å². The molecule has 0 saturated carbocycles. The Bertz CT molecular complexity index is 1100. The molecule has 0 saturated heterocycles. The number of hydrogen-bond donors (Lipinski definition) is 1. The zero-order valence-electron chi connectivity index (χ0n) is 15.2. The molecule has 1 unspecified atom stereocenters. The first-order valence-corrected chi connectivity index (χ1v) is 9.07. The number of aromatic nitrogens is 2. The third kappa shape index (κ3) is 3.60. The van der Waals surface area contributed by atoms with Crippen molar-refractivity contribution in [1.29, 1.82) is 0 Å². The molecule has 0 aliphatic carbocycles. The van der Waals surface area contributed by atoms with Crippen LogP contribution in [0.1, 0.15) is 24.1 Å². The summed E-state index contributed by atoms with van der Waals surface area (Å²) in [6.07, 6.45) is 0. The normalized spacial score (nSPS) is 12.0. The molecule has 0 radical (unpaired) electrons. The van der Waals surface area contributed by atoms with E-state index in [0.717, 1.165) is 22.2 Å². The molecule has 1 aromatic heterocycles. The second-order valence-electron chi connectivity index (χ2n) is 6.60. The molecule has 4 rings (SSSR count). The molecule has 0 aliphatic heterocycles. The van der Waals surface area contributed by atoms with Crippen molar-refractivity contribution in [3.05, 3.63) is 106 Å². The molecule has 0 bridgehead atoms. The van der Waals surface area contributed by atoms with Gasteiger partial charge in [0.25, 0.3) is 5.56 Å². The van der Waals surface area contributed by atoms with Gasteiger partial charge >= 0.3 is 0 Å². The number of benzene rings is 3. The molecule has 27 heavy (non-hydrogen) atoms. The van der Waals surface area contributed by atoms with E-state index in [-0.39, 0.29) is 11.6 Å². The Morgan fingerprint density at radius 1 is 0.889 bits per heavy atom. The highest BCUT2D eigenvalue weighted by molar-refractivity contribution is 5.76. The third-order valence-electron chi connectivity index (χ3n) is 4.69. The van der Waals surface area contributed by atoms with Gasteiger partial charge in [-0.3, -0.25) is 9.36 Å². The second kappa shape index (κ2) is 7.46. The van der Waals surface area contributed by atoms with E-state index < -0.39 is 0 Å². The van der Waals surface area contributed by atoms with Gasteiger partial charge in [-0.2, -0.15) is 0 Å². The van der Waals surface area contributed by atoms with Crippen LogP contribution in [0.5, 0.6) is 0 Å². The molecule has 1 N–H and O–H groups in total. The van der Waals surface area contributed by atoms with Crippen LogP contribution in [-0.4, -0.2) is 9.55 Å². The van der Waals surface area contributed by atoms with E-state index in [9.17, 15) is 4.79 Å². The third-order valence-corrected chi connectivity index (χ3v) is 4.69. The van der Waals surface area contributed by atoms with Crippen molar-refractivity contribution in [2.75, 3.05) is 5.32 Å². The minimum atomic E-state index is -0.111.